The van der Waals surface area contributed by atoms with Gasteiger partial charge in [0.15, 0.2) is 0 Å². The van der Waals surface area contributed by atoms with Crippen molar-refractivity contribution in [2.75, 3.05) is 19.6 Å². The number of halogens is 2. The third-order valence-electron chi connectivity index (χ3n) is 6.67. The Bertz CT molecular complexity index is 1250. The van der Waals surface area contributed by atoms with Gasteiger partial charge < -0.3 is 26.4 Å². The first-order valence-corrected chi connectivity index (χ1v) is 12.8. The summed E-state index contributed by atoms with van der Waals surface area (Å²) in [4.78, 5) is 30.7. The van der Waals surface area contributed by atoms with Gasteiger partial charge in [-0.05, 0) is 73.2 Å². The van der Waals surface area contributed by atoms with Crippen molar-refractivity contribution in [2.45, 2.75) is 25.3 Å². The van der Waals surface area contributed by atoms with E-state index >= 15 is 0 Å². The number of amidine groups is 1. The number of nitrogens with one attached hydrogen (secondary N) is 1. The standard InChI is InChI=1S/C27H29Cl2N5O3/c1-2-23(35)34-13-10-16(11-14-34)22-9-12-32-27(33-22)24(26(31)36)25(30)17-3-5-18(6-4-17)37-19-7-8-20(28)21(29)15-19/h2-8,15-16,22H,1,9-14,30H2,(H2,31,36)(H,32,33). The van der Waals surface area contributed by atoms with Crippen LogP contribution in [0.15, 0.2) is 65.7 Å². The molecule has 4 rings (SSSR count). The lowest BCUT2D eigenvalue weighted by Crippen LogP contribution is -2.50. The van der Waals surface area contributed by atoms with Gasteiger partial charge in [-0.3, -0.25) is 14.6 Å². The molecule has 0 bridgehead atoms. The number of amides is 2. The molecule has 0 radical (unpaired) electrons. The number of ether oxygens (including phenoxy) is 1. The number of hydrogen-bond acceptors (Lipinski definition) is 6. The molecule has 0 aliphatic carbocycles. The molecule has 37 heavy (non-hydrogen) atoms. The molecule has 2 aromatic rings. The lowest BCUT2D eigenvalue weighted by atomic mass is 9.86. The fourth-order valence-electron chi connectivity index (χ4n) is 4.67. The van der Waals surface area contributed by atoms with E-state index in [2.05, 4.69) is 16.9 Å². The highest BCUT2D eigenvalue weighted by atomic mass is 35.5. The molecule has 2 heterocycles. The van der Waals surface area contributed by atoms with Gasteiger partial charge in [-0.2, -0.15) is 0 Å². The predicted octanol–water partition coefficient (Wildman–Crippen LogP) is 4.13. The van der Waals surface area contributed by atoms with Crippen molar-refractivity contribution in [2.24, 2.45) is 22.4 Å². The van der Waals surface area contributed by atoms with Gasteiger partial charge in [0.2, 0.25) is 5.91 Å². The second-order valence-corrected chi connectivity index (χ2v) is 9.81. The van der Waals surface area contributed by atoms with Gasteiger partial charge in [0.05, 0.1) is 15.7 Å². The van der Waals surface area contributed by atoms with Gasteiger partial charge >= 0.3 is 0 Å². The Balaban J connectivity index is 1.48. The van der Waals surface area contributed by atoms with Crippen molar-refractivity contribution in [3.63, 3.8) is 0 Å². The number of rotatable bonds is 7. The van der Waals surface area contributed by atoms with Crippen molar-refractivity contribution in [3.8, 4) is 11.5 Å². The minimum absolute atomic E-state index is 0.0441. The molecule has 0 aromatic heterocycles. The highest BCUT2D eigenvalue weighted by molar-refractivity contribution is 6.42. The fraction of sp³-hybridized carbons (Fsp3) is 0.296. The second kappa shape index (κ2) is 11.7. The van der Waals surface area contributed by atoms with Gasteiger partial charge in [-0.15, -0.1) is 0 Å². The molecule has 1 fully saturated rings. The van der Waals surface area contributed by atoms with Crippen LogP contribution in [-0.2, 0) is 9.59 Å². The van der Waals surface area contributed by atoms with E-state index in [4.69, 9.17) is 39.4 Å². The highest BCUT2D eigenvalue weighted by Gasteiger charge is 2.31. The Labute approximate surface area is 225 Å². The molecule has 194 valence electrons. The maximum absolute atomic E-state index is 12.5. The van der Waals surface area contributed by atoms with Gasteiger partial charge in [0.1, 0.15) is 22.9 Å². The molecule has 2 aliphatic heterocycles. The molecule has 1 saturated heterocycles. The van der Waals surface area contributed by atoms with Crippen LogP contribution in [0, 0.1) is 5.92 Å². The first-order valence-electron chi connectivity index (χ1n) is 12.0. The van der Waals surface area contributed by atoms with Crippen molar-refractivity contribution >= 4 is 46.5 Å². The maximum atomic E-state index is 12.5. The quantitative estimate of drug-likeness (QED) is 0.454. The smallest absolute Gasteiger partial charge is 0.254 e. The second-order valence-electron chi connectivity index (χ2n) is 8.99. The maximum Gasteiger partial charge on any atom is 0.254 e. The fourth-order valence-corrected chi connectivity index (χ4v) is 4.95. The number of benzene rings is 2. The molecule has 0 saturated carbocycles. The van der Waals surface area contributed by atoms with Crippen LogP contribution in [-0.4, -0.2) is 48.2 Å². The Morgan fingerprint density at radius 3 is 2.32 bits per heavy atom. The van der Waals surface area contributed by atoms with Crippen LogP contribution >= 0.6 is 23.2 Å². The molecule has 1 unspecified atom stereocenters. The largest absolute Gasteiger partial charge is 0.457 e. The van der Waals surface area contributed by atoms with Crippen LogP contribution in [0.3, 0.4) is 0 Å². The number of nitrogens with two attached hydrogens (primary N) is 2. The summed E-state index contributed by atoms with van der Waals surface area (Å²) in [6.45, 7) is 5.48. The number of hydrogen-bond donors (Lipinski definition) is 3. The van der Waals surface area contributed by atoms with Crippen LogP contribution in [0.4, 0.5) is 0 Å². The first-order chi connectivity index (χ1) is 17.8. The summed E-state index contributed by atoms with van der Waals surface area (Å²) in [6, 6.07) is 12.1. The van der Waals surface area contributed by atoms with E-state index < -0.39 is 5.91 Å². The minimum Gasteiger partial charge on any atom is -0.457 e. The van der Waals surface area contributed by atoms with Gasteiger partial charge in [0.25, 0.3) is 5.91 Å². The van der Waals surface area contributed by atoms with Crippen molar-refractivity contribution in [1.29, 1.82) is 0 Å². The van der Waals surface area contributed by atoms with E-state index in [1.807, 2.05) is 4.90 Å². The highest BCUT2D eigenvalue weighted by Crippen LogP contribution is 2.30. The van der Waals surface area contributed by atoms with Crippen LogP contribution in [0.5, 0.6) is 11.5 Å². The van der Waals surface area contributed by atoms with Crippen LogP contribution in [0.2, 0.25) is 10.0 Å². The summed E-state index contributed by atoms with van der Waals surface area (Å²) in [6.07, 6.45) is 3.89. The van der Waals surface area contributed by atoms with Crippen molar-refractivity contribution < 1.29 is 14.3 Å². The number of aliphatic imine (C=N–C) groups is 1. The van der Waals surface area contributed by atoms with E-state index in [0.717, 1.165) is 19.3 Å². The van der Waals surface area contributed by atoms with E-state index in [-0.39, 0.29) is 23.2 Å². The Kier molecular flexibility index (Phi) is 8.41. The Morgan fingerprint density at radius 2 is 1.70 bits per heavy atom. The van der Waals surface area contributed by atoms with Crippen molar-refractivity contribution in [1.82, 2.24) is 10.2 Å². The lowest BCUT2D eigenvalue weighted by molar-refractivity contribution is -0.127. The molecular weight excluding hydrogens is 513 g/mol. The summed E-state index contributed by atoms with van der Waals surface area (Å²) >= 11 is 12.0. The predicted molar refractivity (Wildman–Crippen MR) is 147 cm³/mol. The Hall–Kier alpha value is -3.49. The van der Waals surface area contributed by atoms with E-state index in [1.165, 1.54) is 6.08 Å². The summed E-state index contributed by atoms with van der Waals surface area (Å²) in [5, 5.41) is 4.24. The molecule has 0 spiro atoms. The van der Waals surface area contributed by atoms with E-state index in [1.54, 1.807) is 42.5 Å². The molecule has 2 aliphatic rings. The van der Waals surface area contributed by atoms with Crippen LogP contribution in [0.25, 0.3) is 5.70 Å². The molecular formula is C27H29Cl2N5O3. The average Bonchev–Trinajstić information content (AvgIpc) is 2.91. The zero-order valence-electron chi connectivity index (χ0n) is 20.3. The van der Waals surface area contributed by atoms with Crippen molar-refractivity contribution in [3.05, 3.63) is 76.3 Å². The number of carbonyl (C=O) groups is 2. The first kappa shape index (κ1) is 26.6. The molecule has 2 amide bonds. The van der Waals surface area contributed by atoms with Gasteiger partial charge in [-0.25, -0.2) is 0 Å². The monoisotopic (exact) mass is 541 g/mol. The van der Waals surface area contributed by atoms with E-state index in [9.17, 15) is 9.59 Å². The third-order valence-corrected chi connectivity index (χ3v) is 7.41. The summed E-state index contributed by atoms with van der Waals surface area (Å²) in [5.74, 6) is 1.14. The number of piperidine rings is 1. The summed E-state index contributed by atoms with van der Waals surface area (Å²) in [7, 11) is 0. The molecule has 1 atom stereocenters. The van der Waals surface area contributed by atoms with E-state index in [0.29, 0.717) is 58.5 Å². The zero-order chi connectivity index (χ0) is 26.5. The minimum atomic E-state index is -0.660. The SMILES string of the molecule is C=CC(=O)N1CCC(C2CCN=C(C(C(N)=O)=C(N)c3ccc(Oc4ccc(Cl)c(Cl)c4)cc3)N2)CC1. The summed E-state index contributed by atoms with van der Waals surface area (Å²) < 4.78 is 5.83. The molecule has 8 nitrogen and oxygen atoms in total. The average molecular weight is 542 g/mol. The zero-order valence-corrected chi connectivity index (χ0v) is 21.8. The number of nitrogens with zero attached hydrogens (tertiary/aromatic N) is 2. The van der Waals surface area contributed by atoms with Crippen LogP contribution in [0.1, 0.15) is 24.8 Å². The lowest BCUT2D eigenvalue weighted by Gasteiger charge is -2.38. The Morgan fingerprint density at radius 1 is 1.03 bits per heavy atom. The normalized spacial score (nSPS) is 18.8. The molecule has 10 heteroatoms. The topological polar surface area (TPSA) is 123 Å². The van der Waals surface area contributed by atoms with Gasteiger partial charge in [0, 0.05) is 31.7 Å². The van der Waals surface area contributed by atoms with Crippen LogP contribution < -0.4 is 21.5 Å². The summed E-state index contributed by atoms with van der Waals surface area (Å²) in [5.41, 5.74) is 13.2. The number of primary amides is 1. The molecule has 2 aromatic carbocycles. The number of likely N-dealkylation sites (tertiary alicyclic amines) is 1. The number of carbonyl (C=O) groups excluding carboxylic acids is 2. The molecule has 5 N–H and O–H groups in total. The third kappa shape index (κ3) is 6.26. The van der Waals surface area contributed by atoms with Gasteiger partial charge in [-0.1, -0.05) is 29.8 Å².